The topological polar surface area (TPSA) is 27.7 Å². The standard InChI is InChI=1S/C16H17ClO3/c1-12-6-7-15(16(10-12)18-2)20-9-8-19-14-5-3-4-13(17)11-14/h3-7,10-11H,8-9H2,1-2H3. The number of rotatable bonds is 6. The first kappa shape index (κ1) is 14.5. The van der Waals surface area contributed by atoms with Gasteiger partial charge in [0.25, 0.3) is 0 Å². The van der Waals surface area contributed by atoms with Crippen molar-refractivity contribution in [2.45, 2.75) is 6.92 Å². The molecule has 0 saturated carbocycles. The van der Waals surface area contributed by atoms with Crippen LogP contribution in [0.4, 0.5) is 0 Å². The van der Waals surface area contributed by atoms with Crippen molar-refractivity contribution in [2.75, 3.05) is 20.3 Å². The van der Waals surface area contributed by atoms with Gasteiger partial charge in [0, 0.05) is 5.02 Å². The van der Waals surface area contributed by atoms with E-state index in [1.165, 1.54) is 0 Å². The average molecular weight is 293 g/mol. The second kappa shape index (κ2) is 7.06. The lowest BCUT2D eigenvalue weighted by atomic mass is 10.2. The molecule has 2 aromatic carbocycles. The van der Waals surface area contributed by atoms with Gasteiger partial charge >= 0.3 is 0 Å². The first-order valence-corrected chi connectivity index (χ1v) is 6.72. The van der Waals surface area contributed by atoms with Crippen LogP contribution < -0.4 is 14.2 Å². The van der Waals surface area contributed by atoms with Gasteiger partial charge in [0.15, 0.2) is 11.5 Å². The minimum Gasteiger partial charge on any atom is -0.493 e. The molecule has 0 radical (unpaired) electrons. The molecule has 0 atom stereocenters. The van der Waals surface area contributed by atoms with Crippen molar-refractivity contribution < 1.29 is 14.2 Å². The second-order valence-corrected chi connectivity index (χ2v) is 4.75. The molecule has 0 fully saturated rings. The minimum atomic E-state index is 0.436. The van der Waals surface area contributed by atoms with E-state index < -0.39 is 0 Å². The summed E-state index contributed by atoms with van der Waals surface area (Å²) in [6, 6.07) is 13.1. The van der Waals surface area contributed by atoms with Crippen molar-refractivity contribution in [3.05, 3.63) is 53.1 Å². The highest BCUT2D eigenvalue weighted by molar-refractivity contribution is 6.30. The molecule has 0 N–H and O–H groups in total. The predicted octanol–water partition coefficient (Wildman–Crippen LogP) is 4.11. The Bertz CT molecular complexity index is 569. The van der Waals surface area contributed by atoms with Gasteiger partial charge in [-0.15, -0.1) is 0 Å². The zero-order valence-electron chi connectivity index (χ0n) is 11.6. The molecule has 0 bridgehead atoms. The van der Waals surface area contributed by atoms with Gasteiger partial charge in [0.2, 0.25) is 0 Å². The van der Waals surface area contributed by atoms with E-state index in [9.17, 15) is 0 Å². The Hall–Kier alpha value is -1.87. The van der Waals surface area contributed by atoms with Crippen LogP contribution in [-0.2, 0) is 0 Å². The van der Waals surface area contributed by atoms with Crippen LogP contribution in [0.3, 0.4) is 0 Å². The van der Waals surface area contributed by atoms with E-state index in [4.69, 9.17) is 25.8 Å². The molecule has 0 spiro atoms. The molecular weight excluding hydrogens is 276 g/mol. The van der Waals surface area contributed by atoms with E-state index in [0.29, 0.717) is 24.0 Å². The van der Waals surface area contributed by atoms with E-state index in [2.05, 4.69) is 0 Å². The number of methoxy groups -OCH3 is 1. The molecular formula is C16H17ClO3. The van der Waals surface area contributed by atoms with E-state index in [0.717, 1.165) is 17.1 Å². The first-order chi connectivity index (χ1) is 9.69. The quantitative estimate of drug-likeness (QED) is 0.750. The second-order valence-electron chi connectivity index (χ2n) is 4.31. The molecule has 0 aromatic heterocycles. The number of halogens is 1. The molecule has 2 rings (SSSR count). The molecule has 2 aromatic rings. The molecule has 0 aliphatic rings. The summed E-state index contributed by atoms with van der Waals surface area (Å²) >= 11 is 5.88. The van der Waals surface area contributed by atoms with Gasteiger partial charge in [-0.05, 0) is 42.8 Å². The van der Waals surface area contributed by atoms with Crippen LogP contribution in [-0.4, -0.2) is 20.3 Å². The number of benzene rings is 2. The predicted molar refractivity (Wildman–Crippen MR) is 80.2 cm³/mol. The summed E-state index contributed by atoms with van der Waals surface area (Å²) in [4.78, 5) is 0. The zero-order valence-corrected chi connectivity index (χ0v) is 12.3. The van der Waals surface area contributed by atoms with Crippen LogP contribution in [0, 0.1) is 6.92 Å². The van der Waals surface area contributed by atoms with Crippen molar-refractivity contribution in [3.8, 4) is 17.2 Å². The van der Waals surface area contributed by atoms with Gasteiger partial charge in [-0.1, -0.05) is 23.7 Å². The lowest BCUT2D eigenvalue weighted by Crippen LogP contribution is -2.09. The Balaban J connectivity index is 1.84. The van der Waals surface area contributed by atoms with Crippen LogP contribution in [0.1, 0.15) is 5.56 Å². The Morgan fingerprint density at radius 3 is 2.50 bits per heavy atom. The van der Waals surface area contributed by atoms with Crippen molar-refractivity contribution in [1.29, 1.82) is 0 Å². The third-order valence-electron chi connectivity index (χ3n) is 2.72. The molecule has 0 aliphatic heterocycles. The lowest BCUT2D eigenvalue weighted by Gasteiger charge is -2.12. The van der Waals surface area contributed by atoms with Crippen molar-refractivity contribution in [2.24, 2.45) is 0 Å². The van der Waals surface area contributed by atoms with Crippen LogP contribution in [0.5, 0.6) is 17.2 Å². The summed E-state index contributed by atoms with van der Waals surface area (Å²) in [5.41, 5.74) is 1.13. The van der Waals surface area contributed by atoms with E-state index >= 15 is 0 Å². The maximum absolute atomic E-state index is 5.88. The van der Waals surface area contributed by atoms with Gasteiger partial charge in [0.05, 0.1) is 7.11 Å². The largest absolute Gasteiger partial charge is 0.493 e. The Morgan fingerprint density at radius 1 is 0.950 bits per heavy atom. The minimum absolute atomic E-state index is 0.436. The fraction of sp³-hybridized carbons (Fsp3) is 0.250. The molecule has 0 saturated heterocycles. The third kappa shape index (κ3) is 4.07. The van der Waals surface area contributed by atoms with E-state index in [-0.39, 0.29) is 0 Å². The number of ether oxygens (including phenoxy) is 3. The van der Waals surface area contributed by atoms with Crippen molar-refractivity contribution >= 4 is 11.6 Å². The fourth-order valence-corrected chi connectivity index (χ4v) is 1.94. The SMILES string of the molecule is COc1cc(C)ccc1OCCOc1cccc(Cl)c1. The Labute approximate surface area is 124 Å². The Kier molecular flexibility index (Phi) is 5.13. The van der Waals surface area contributed by atoms with Crippen LogP contribution >= 0.6 is 11.6 Å². The van der Waals surface area contributed by atoms with Gasteiger partial charge in [-0.25, -0.2) is 0 Å². The molecule has 0 heterocycles. The first-order valence-electron chi connectivity index (χ1n) is 6.35. The van der Waals surface area contributed by atoms with E-state index in [1.54, 1.807) is 13.2 Å². The summed E-state index contributed by atoms with van der Waals surface area (Å²) in [7, 11) is 1.63. The highest BCUT2D eigenvalue weighted by Crippen LogP contribution is 2.27. The number of hydrogen-bond acceptors (Lipinski definition) is 3. The molecule has 106 valence electrons. The summed E-state index contributed by atoms with van der Waals surface area (Å²) in [6.45, 7) is 2.89. The van der Waals surface area contributed by atoms with Crippen LogP contribution in [0.15, 0.2) is 42.5 Å². The Morgan fingerprint density at radius 2 is 1.75 bits per heavy atom. The third-order valence-corrected chi connectivity index (χ3v) is 2.96. The molecule has 3 nitrogen and oxygen atoms in total. The number of hydrogen-bond donors (Lipinski definition) is 0. The summed E-state index contributed by atoms with van der Waals surface area (Å²) in [6.07, 6.45) is 0. The van der Waals surface area contributed by atoms with Gasteiger partial charge < -0.3 is 14.2 Å². The fourth-order valence-electron chi connectivity index (χ4n) is 1.76. The molecule has 20 heavy (non-hydrogen) atoms. The van der Waals surface area contributed by atoms with E-state index in [1.807, 2.05) is 43.3 Å². The smallest absolute Gasteiger partial charge is 0.161 e. The lowest BCUT2D eigenvalue weighted by molar-refractivity contribution is 0.211. The molecule has 0 amide bonds. The normalized spacial score (nSPS) is 10.2. The van der Waals surface area contributed by atoms with Crippen molar-refractivity contribution in [3.63, 3.8) is 0 Å². The summed E-state index contributed by atoms with van der Waals surface area (Å²) in [5, 5.41) is 0.656. The number of aryl methyl sites for hydroxylation is 1. The van der Waals surface area contributed by atoms with Gasteiger partial charge in [0.1, 0.15) is 19.0 Å². The summed E-state index contributed by atoms with van der Waals surface area (Å²) < 4.78 is 16.5. The summed E-state index contributed by atoms with van der Waals surface area (Å²) in [5.74, 6) is 2.18. The molecule has 0 aliphatic carbocycles. The van der Waals surface area contributed by atoms with Crippen LogP contribution in [0.25, 0.3) is 0 Å². The van der Waals surface area contributed by atoms with Gasteiger partial charge in [-0.3, -0.25) is 0 Å². The average Bonchev–Trinajstić information content (AvgIpc) is 2.45. The highest BCUT2D eigenvalue weighted by atomic mass is 35.5. The van der Waals surface area contributed by atoms with Crippen molar-refractivity contribution in [1.82, 2.24) is 0 Å². The molecule has 4 heteroatoms. The maximum atomic E-state index is 5.88. The molecule has 0 unspecified atom stereocenters. The zero-order chi connectivity index (χ0) is 14.4. The maximum Gasteiger partial charge on any atom is 0.161 e. The highest BCUT2D eigenvalue weighted by Gasteiger charge is 2.04. The van der Waals surface area contributed by atoms with Crippen LogP contribution in [0.2, 0.25) is 5.02 Å². The van der Waals surface area contributed by atoms with Gasteiger partial charge in [-0.2, -0.15) is 0 Å². The monoisotopic (exact) mass is 292 g/mol.